The normalized spacial score (nSPS) is 11.1. The van der Waals surface area contributed by atoms with Crippen LogP contribution in [0.2, 0.25) is 0 Å². The molecule has 4 heteroatoms. The van der Waals surface area contributed by atoms with E-state index in [1.54, 1.807) is 12.1 Å². The van der Waals surface area contributed by atoms with E-state index in [2.05, 4.69) is 40.0 Å². The van der Waals surface area contributed by atoms with Crippen molar-refractivity contribution < 1.29 is 4.39 Å². The van der Waals surface area contributed by atoms with E-state index >= 15 is 0 Å². The lowest BCUT2D eigenvalue weighted by Crippen LogP contribution is -2.31. The molecule has 0 saturated carbocycles. The van der Waals surface area contributed by atoms with Gasteiger partial charge in [0.1, 0.15) is 5.82 Å². The number of likely N-dealkylation sites (N-methyl/N-ethyl adjacent to an activating group) is 1. The van der Waals surface area contributed by atoms with Crippen LogP contribution in [0, 0.1) is 5.82 Å². The average molecular weight is 303 g/mol. The van der Waals surface area contributed by atoms with E-state index in [4.69, 9.17) is 0 Å². The number of nitrogens with one attached hydrogen (secondary N) is 1. The highest BCUT2D eigenvalue weighted by molar-refractivity contribution is 9.10. The Morgan fingerprint density at radius 1 is 1.29 bits per heavy atom. The van der Waals surface area contributed by atoms with Gasteiger partial charge in [0.25, 0.3) is 0 Å². The Hall–Kier alpha value is -0.450. The zero-order valence-corrected chi connectivity index (χ0v) is 12.1. The lowest BCUT2D eigenvalue weighted by molar-refractivity contribution is 0.302. The summed E-state index contributed by atoms with van der Waals surface area (Å²) in [6, 6.07) is 5.24. The van der Waals surface area contributed by atoms with Gasteiger partial charge >= 0.3 is 0 Å². The topological polar surface area (TPSA) is 15.3 Å². The van der Waals surface area contributed by atoms with E-state index in [0.29, 0.717) is 11.0 Å². The lowest BCUT2D eigenvalue weighted by Gasteiger charge is -2.18. The fourth-order valence-electron chi connectivity index (χ4n) is 1.66. The Labute approximate surface area is 111 Å². The monoisotopic (exact) mass is 302 g/mol. The molecule has 0 aliphatic rings. The molecular weight excluding hydrogens is 283 g/mol. The Morgan fingerprint density at radius 2 is 2.00 bits per heavy atom. The van der Waals surface area contributed by atoms with Gasteiger partial charge in [0, 0.05) is 19.6 Å². The van der Waals surface area contributed by atoms with Crippen molar-refractivity contribution in [3.8, 4) is 0 Å². The van der Waals surface area contributed by atoms with Gasteiger partial charge in [0.15, 0.2) is 0 Å². The maximum absolute atomic E-state index is 13.2. The van der Waals surface area contributed by atoms with Gasteiger partial charge in [-0.3, -0.25) is 0 Å². The van der Waals surface area contributed by atoms with Crippen LogP contribution in [0.25, 0.3) is 0 Å². The summed E-state index contributed by atoms with van der Waals surface area (Å²) in [6.45, 7) is 9.15. The van der Waals surface area contributed by atoms with Crippen LogP contribution in [0.4, 0.5) is 4.39 Å². The highest BCUT2D eigenvalue weighted by atomic mass is 79.9. The molecule has 17 heavy (non-hydrogen) atoms. The molecule has 0 amide bonds. The van der Waals surface area contributed by atoms with Crippen LogP contribution >= 0.6 is 15.9 Å². The third-order valence-electron chi connectivity index (χ3n) is 2.81. The first-order valence-electron chi connectivity index (χ1n) is 6.04. The van der Waals surface area contributed by atoms with Gasteiger partial charge in [0.2, 0.25) is 0 Å². The summed E-state index contributed by atoms with van der Waals surface area (Å²) in [5.41, 5.74) is 0.977. The summed E-state index contributed by atoms with van der Waals surface area (Å²) >= 11 is 3.15. The number of nitrogens with zero attached hydrogens (tertiary/aromatic N) is 1. The third-order valence-corrected chi connectivity index (χ3v) is 3.46. The summed E-state index contributed by atoms with van der Waals surface area (Å²) < 4.78 is 13.8. The Bertz CT molecular complexity index is 340. The number of rotatable bonds is 7. The van der Waals surface area contributed by atoms with Gasteiger partial charge in [0.05, 0.1) is 4.47 Å². The molecule has 0 atom stereocenters. The minimum atomic E-state index is -0.201. The van der Waals surface area contributed by atoms with E-state index in [1.165, 1.54) is 0 Å². The lowest BCUT2D eigenvalue weighted by atomic mass is 10.2. The van der Waals surface area contributed by atoms with Gasteiger partial charge in [-0.15, -0.1) is 0 Å². The van der Waals surface area contributed by atoms with Gasteiger partial charge in [-0.2, -0.15) is 0 Å². The van der Waals surface area contributed by atoms with Gasteiger partial charge < -0.3 is 10.2 Å². The molecule has 96 valence electrons. The standard InChI is InChI=1S/C13H20BrFN2/c1-3-17(4-2)8-7-16-10-11-5-6-12(14)13(15)9-11/h5-6,9,16H,3-4,7-8,10H2,1-2H3. The van der Waals surface area contributed by atoms with Crippen LogP contribution in [0.3, 0.4) is 0 Å². The number of hydrogen-bond donors (Lipinski definition) is 1. The van der Waals surface area contributed by atoms with E-state index in [9.17, 15) is 4.39 Å². The zero-order chi connectivity index (χ0) is 12.7. The quantitative estimate of drug-likeness (QED) is 0.779. The van der Waals surface area contributed by atoms with E-state index in [0.717, 1.165) is 31.7 Å². The van der Waals surface area contributed by atoms with Crippen LogP contribution < -0.4 is 5.32 Å². The number of hydrogen-bond acceptors (Lipinski definition) is 2. The smallest absolute Gasteiger partial charge is 0.137 e. The van der Waals surface area contributed by atoms with Crippen LogP contribution in [-0.4, -0.2) is 31.1 Å². The fourth-order valence-corrected chi connectivity index (χ4v) is 1.91. The molecule has 0 radical (unpaired) electrons. The van der Waals surface area contributed by atoms with E-state index in [-0.39, 0.29) is 5.82 Å². The largest absolute Gasteiger partial charge is 0.311 e. The summed E-state index contributed by atoms with van der Waals surface area (Å²) in [5, 5.41) is 3.32. The molecule has 1 aromatic carbocycles. The molecular formula is C13H20BrFN2. The van der Waals surface area contributed by atoms with Crippen LogP contribution in [-0.2, 0) is 6.54 Å². The maximum Gasteiger partial charge on any atom is 0.137 e. The van der Waals surface area contributed by atoms with Crippen LogP contribution in [0.15, 0.2) is 22.7 Å². The molecule has 1 aromatic rings. The molecule has 1 N–H and O–H groups in total. The second kappa shape index (κ2) is 7.80. The van der Waals surface area contributed by atoms with Crippen molar-refractivity contribution in [2.24, 2.45) is 0 Å². The van der Waals surface area contributed by atoms with Crippen molar-refractivity contribution in [3.63, 3.8) is 0 Å². The highest BCUT2D eigenvalue weighted by Crippen LogP contribution is 2.16. The van der Waals surface area contributed by atoms with E-state index < -0.39 is 0 Å². The van der Waals surface area contributed by atoms with Crippen molar-refractivity contribution in [2.45, 2.75) is 20.4 Å². The number of halogens is 2. The molecule has 0 heterocycles. The summed E-state index contributed by atoms with van der Waals surface area (Å²) in [7, 11) is 0. The van der Waals surface area contributed by atoms with Gasteiger partial charge in [-0.1, -0.05) is 19.9 Å². The van der Waals surface area contributed by atoms with Crippen LogP contribution in [0.1, 0.15) is 19.4 Å². The molecule has 1 rings (SSSR count). The first kappa shape index (κ1) is 14.6. The second-order valence-electron chi connectivity index (χ2n) is 3.95. The minimum absolute atomic E-state index is 0.201. The molecule has 0 aromatic heterocycles. The van der Waals surface area contributed by atoms with Crippen molar-refractivity contribution in [1.29, 1.82) is 0 Å². The summed E-state index contributed by atoms with van der Waals surface area (Å²) in [5.74, 6) is -0.201. The molecule has 0 aliphatic carbocycles. The Balaban J connectivity index is 2.28. The van der Waals surface area contributed by atoms with Gasteiger partial charge in [-0.25, -0.2) is 4.39 Å². The predicted molar refractivity (Wildman–Crippen MR) is 73.6 cm³/mol. The first-order chi connectivity index (χ1) is 8.17. The predicted octanol–water partition coefficient (Wildman–Crippen LogP) is 3.02. The number of benzene rings is 1. The van der Waals surface area contributed by atoms with Crippen molar-refractivity contribution in [1.82, 2.24) is 10.2 Å². The maximum atomic E-state index is 13.2. The minimum Gasteiger partial charge on any atom is -0.311 e. The molecule has 2 nitrogen and oxygen atoms in total. The van der Waals surface area contributed by atoms with Gasteiger partial charge in [-0.05, 0) is 46.7 Å². The first-order valence-corrected chi connectivity index (χ1v) is 6.83. The highest BCUT2D eigenvalue weighted by Gasteiger charge is 2.01. The third kappa shape index (κ3) is 5.15. The molecule has 0 saturated heterocycles. The zero-order valence-electron chi connectivity index (χ0n) is 10.5. The SMILES string of the molecule is CCN(CC)CCNCc1ccc(Br)c(F)c1. The molecule has 0 spiro atoms. The van der Waals surface area contributed by atoms with Crippen molar-refractivity contribution in [2.75, 3.05) is 26.2 Å². The Kier molecular flexibility index (Phi) is 6.70. The average Bonchev–Trinajstić information content (AvgIpc) is 2.34. The van der Waals surface area contributed by atoms with Crippen LogP contribution in [0.5, 0.6) is 0 Å². The molecule has 0 unspecified atom stereocenters. The van der Waals surface area contributed by atoms with Crippen molar-refractivity contribution in [3.05, 3.63) is 34.1 Å². The Morgan fingerprint density at radius 3 is 2.59 bits per heavy atom. The second-order valence-corrected chi connectivity index (χ2v) is 4.81. The fraction of sp³-hybridized carbons (Fsp3) is 0.538. The molecule has 0 aliphatic heterocycles. The van der Waals surface area contributed by atoms with E-state index in [1.807, 2.05) is 6.07 Å². The molecule has 0 fully saturated rings. The molecule has 0 bridgehead atoms. The summed E-state index contributed by atoms with van der Waals surface area (Å²) in [4.78, 5) is 2.36. The summed E-state index contributed by atoms with van der Waals surface area (Å²) in [6.07, 6.45) is 0. The van der Waals surface area contributed by atoms with Crippen molar-refractivity contribution >= 4 is 15.9 Å².